The maximum absolute atomic E-state index is 13.8. The molecule has 3 aromatic carbocycles. The van der Waals surface area contributed by atoms with E-state index in [1.165, 1.54) is 4.90 Å². The summed E-state index contributed by atoms with van der Waals surface area (Å²) >= 11 is 0. The summed E-state index contributed by atoms with van der Waals surface area (Å²) in [5.74, 6) is -1.20. The monoisotopic (exact) mass is 450 g/mol. The van der Waals surface area contributed by atoms with Crippen LogP contribution in [0.4, 0.5) is 5.69 Å². The molecular weight excluding hydrogens is 424 g/mol. The molecule has 34 heavy (non-hydrogen) atoms. The van der Waals surface area contributed by atoms with E-state index in [0.717, 1.165) is 29.2 Å². The molecule has 0 radical (unpaired) electrons. The van der Waals surface area contributed by atoms with Crippen molar-refractivity contribution in [3.63, 3.8) is 0 Å². The van der Waals surface area contributed by atoms with Gasteiger partial charge in [-0.25, -0.2) is 0 Å². The third kappa shape index (κ3) is 3.35. The van der Waals surface area contributed by atoms with Gasteiger partial charge in [0.2, 0.25) is 17.7 Å². The number of imide groups is 1. The predicted octanol–water partition coefficient (Wildman–Crippen LogP) is 4.59. The molecule has 1 saturated carbocycles. The lowest BCUT2D eigenvalue weighted by Crippen LogP contribution is -2.49. The largest absolute Gasteiger partial charge is 0.324 e. The Kier molecular flexibility index (Phi) is 5.05. The molecule has 3 aromatic rings. The SMILES string of the molecule is O=C(Nc1cccc2ccccc12)[C@H](Cc1ccccc1)N1C(=O)[C@@H]2[C@@H](C1=O)[C@H]1C=C[C@H]2CC1. The zero-order chi connectivity index (χ0) is 23.2. The summed E-state index contributed by atoms with van der Waals surface area (Å²) in [6.07, 6.45) is 6.36. The summed E-state index contributed by atoms with van der Waals surface area (Å²) in [5, 5.41) is 4.98. The van der Waals surface area contributed by atoms with Gasteiger partial charge in [-0.1, -0.05) is 78.9 Å². The third-order valence-electron chi connectivity index (χ3n) is 7.73. The van der Waals surface area contributed by atoms with E-state index in [1.54, 1.807) is 0 Å². The Morgan fingerprint density at radius 1 is 0.824 bits per heavy atom. The van der Waals surface area contributed by atoms with Crippen LogP contribution in [-0.4, -0.2) is 28.7 Å². The van der Waals surface area contributed by atoms with Crippen molar-refractivity contribution in [2.75, 3.05) is 5.32 Å². The zero-order valence-electron chi connectivity index (χ0n) is 18.8. The van der Waals surface area contributed by atoms with Gasteiger partial charge in [0.25, 0.3) is 0 Å². The standard InChI is InChI=1S/C29H26N2O3/c32-27(30-23-12-6-10-19-9-4-5-11-22(19)23)24(17-18-7-2-1-3-8-18)31-28(33)25-20-13-14-21(16-15-20)26(25)29(31)34/h1-14,20-21,24-26H,15-17H2,(H,30,32)/t20-,21-,24-,25-,26-/m0/s1. The second-order valence-electron chi connectivity index (χ2n) is 9.61. The van der Waals surface area contributed by atoms with E-state index in [9.17, 15) is 14.4 Å². The van der Waals surface area contributed by atoms with E-state index in [-0.39, 0.29) is 47.8 Å². The van der Waals surface area contributed by atoms with Gasteiger partial charge in [0.1, 0.15) is 6.04 Å². The molecule has 3 aliphatic carbocycles. The van der Waals surface area contributed by atoms with Gasteiger partial charge >= 0.3 is 0 Å². The summed E-state index contributed by atoms with van der Waals surface area (Å²) in [4.78, 5) is 42.3. The molecule has 4 aliphatic rings. The molecule has 2 fully saturated rings. The first-order chi connectivity index (χ1) is 16.6. The third-order valence-corrected chi connectivity index (χ3v) is 7.73. The van der Waals surface area contributed by atoms with Gasteiger partial charge in [-0.2, -0.15) is 0 Å². The van der Waals surface area contributed by atoms with Crippen LogP contribution in [0.5, 0.6) is 0 Å². The molecule has 0 unspecified atom stereocenters. The molecular formula is C29H26N2O3. The second-order valence-corrected chi connectivity index (χ2v) is 9.61. The van der Waals surface area contributed by atoms with Crippen molar-refractivity contribution in [3.8, 4) is 0 Å². The van der Waals surface area contributed by atoms with Crippen LogP contribution in [0.3, 0.4) is 0 Å². The zero-order valence-corrected chi connectivity index (χ0v) is 18.8. The number of rotatable bonds is 5. The molecule has 5 nitrogen and oxygen atoms in total. The van der Waals surface area contributed by atoms with Crippen molar-refractivity contribution in [3.05, 3.63) is 90.5 Å². The van der Waals surface area contributed by atoms with Crippen LogP contribution in [0.2, 0.25) is 0 Å². The minimum absolute atomic E-state index is 0.0925. The van der Waals surface area contributed by atoms with Crippen LogP contribution in [0.15, 0.2) is 84.9 Å². The van der Waals surface area contributed by atoms with Crippen molar-refractivity contribution < 1.29 is 14.4 Å². The summed E-state index contributed by atoms with van der Waals surface area (Å²) in [6.45, 7) is 0. The smallest absolute Gasteiger partial charge is 0.248 e. The van der Waals surface area contributed by atoms with Crippen LogP contribution >= 0.6 is 0 Å². The minimum atomic E-state index is -0.897. The predicted molar refractivity (Wildman–Crippen MR) is 131 cm³/mol. The van der Waals surface area contributed by atoms with Crippen LogP contribution in [-0.2, 0) is 20.8 Å². The van der Waals surface area contributed by atoms with Crippen molar-refractivity contribution in [2.45, 2.75) is 25.3 Å². The van der Waals surface area contributed by atoms with Gasteiger partial charge in [0, 0.05) is 17.5 Å². The number of allylic oxidation sites excluding steroid dienone is 2. The molecule has 5 atom stereocenters. The van der Waals surface area contributed by atoms with Gasteiger partial charge in [-0.05, 0) is 41.7 Å². The van der Waals surface area contributed by atoms with E-state index in [2.05, 4.69) is 17.5 Å². The van der Waals surface area contributed by atoms with Gasteiger partial charge in [-0.15, -0.1) is 0 Å². The number of benzene rings is 3. The van der Waals surface area contributed by atoms with Crippen molar-refractivity contribution in [2.24, 2.45) is 23.7 Å². The fourth-order valence-corrected chi connectivity index (χ4v) is 6.09. The van der Waals surface area contributed by atoms with E-state index < -0.39 is 6.04 Å². The van der Waals surface area contributed by atoms with E-state index in [4.69, 9.17) is 0 Å². The molecule has 0 spiro atoms. The Morgan fingerprint density at radius 3 is 2.12 bits per heavy atom. The lowest BCUT2D eigenvalue weighted by molar-refractivity contribution is -0.146. The Hall–Kier alpha value is -3.73. The number of fused-ring (bicyclic) bond motifs is 2. The van der Waals surface area contributed by atoms with Gasteiger partial charge in [-0.3, -0.25) is 19.3 Å². The first-order valence-electron chi connectivity index (χ1n) is 12.0. The molecule has 3 amide bonds. The Bertz CT molecular complexity index is 1280. The van der Waals surface area contributed by atoms with Crippen LogP contribution in [0.25, 0.3) is 10.8 Å². The molecule has 1 heterocycles. The van der Waals surface area contributed by atoms with Gasteiger partial charge in [0.15, 0.2) is 0 Å². The summed E-state index contributed by atoms with van der Waals surface area (Å²) in [5.41, 5.74) is 1.59. The molecule has 170 valence electrons. The maximum Gasteiger partial charge on any atom is 0.248 e. The average molecular weight is 451 g/mol. The number of nitrogens with zero attached hydrogens (tertiary/aromatic N) is 1. The van der Waals surface area contributed by atoms with E-state index in [1.807, 2.05) is 72.8 Å². The summed E-state index contributed by atoms with van der Waals surface area (Å²) in [7, 11) is 0. The molecule has 1 saturated heterocycles. The number of amides is 3. The van der Waals surface area contributed by atoms with Crippen LogP contribution in [0, 0.1) is 23.7 Å². The molecule has 2 bridgehead atoms. The van der Waals surface area contributed by atoms with Gasteiger partial charge < -0.3 is 5.32 Å². The van der Waals surface area contributed by atoms with Crippen LogP contribution in [0.1, 0.15) is 18.4 Å². The minimum Gasteiger partial charge on any atom is -0.324 e. The maximum atomic E-state index is 13.8. The summed E-state index contributed by atoms with van der Waals surface area (Å²) in [6, 6.07) is 22.3. The number of likely N-dealkylation sites (tertiary alicyclic amines) is 1. The average Bonchev–Trinajstić information content (AvgIpc) is 3.16. The fourth-order valence-electron chi connectivity index (χ4n) is 6.09. The lowest BCUT2D eigenvalue weighted by Gasteiger charge is -2.38. The number of carbonyl (C=O) groups excluding carboxylic acids is 3. The topological polar surface area (TPSA) is 66.5 Å². The molecule has 1 aliphatic heterocycles. The first kappa shape index (κ1) is 20.8. The summed E-state index contributed by atoms with van der Waals surface area (Å²) < 4.78 is 0. The number of nitrogens with one attached hydrogen (secondary N) is 1. The number of hydrogen-bond acceptors (Lipinski definition) is 3. The number of hydrogen-bond donors (Lipinski definition) is 1. The highest BCUT2D eigenvalue weighted by Crippen LogP contribution is 2.50. The van der Waals surface area contributed by atoms with Crippen molar-refractivity contribution in [1.82, 2.24) is 4.90 Å². The lowest BCUT2D eigenvalue weighted by atomic mass is 9.63. The highest BCUT2D eigenvalue weighted by Gasteiger charge is 2.58. The highest BCUT2D eigenvalue weighted by molar-refractivity contribution is 6.12. The van der Waals surface area contributed by atoms with Crippen molar-refractivity contribution >= 4 is 34.2 Å². The molecule has 0 aromatic heterocycles. The van der Waals surface area contributed by atoms with Crippen LogP contribution < -0.4 is 5.32 Å². The highest BCUT2D eigenvalue weighted by atomic mass is 16.2. The number of carbonyl (C=O) groups is 3. The van der Waals surface area contributed by atoms with Gasteiger partial charge in [0.05, 0.1) is 11.8 Å². The number of anilines is 1. The van der Waals surface area contributed by atoms with E-state index >= 15 is 0 Å². The van der Waals surface area contributed by atoms with Crippen molar-refractivity contribution in [1.29, 1.82) is 0 Å². The molecule has 5 heteroatoms. The second kappa shape index (κ2) is 8.24. The molecule has 1 N–H and O–H groups in total. The van der Waals surface area contributed by atoms with E-state index in [0.29, 0.717) is 5.69 Å². The Labute approximate surface area is 198 Å². The quantitative estimate of drug-likeness (QED) is 0.457. The first-order valence-corrected chi connectivity index (χ1v) is 12.0. The fraction of sp³-hybridized carbons (Fsp3) is 0.276. The Balaban J connectivity index is 1.36. The normalized spacial score (nSPS) is 26.1. The Morgan fingerprint density at radius 2 is 1.44 bits per heavy atom. The molecule has 7 rings (SSSR count).